The van der Waals surface area contributed by atoms with Crippen molar-refractivity contribution in [2.24, 2.45) is 5.73 Å². The van der Waals surface area contributed by atoms with E-state index in [1.54, 1.807) is 0 Å². The Labute approximate surface area is 120 Å². The van der Waals surface area contributed by atoms with Crippen LogP contribution in [0.3, 0.4) is 0 Å². The highest BCUT2D eigenvalue weighted by Gasteiger charge is 2.23. The molecule has 0 aromatic heterocycles. The average molecular weight is 274 g/mol. The van der Waals surface area contributed by atoms with Crippen LogP contribution < -0.4 is 5.73 Å². The van der Waals surface area contributed by atoms with Crippen LogP contribution in [-0.4, -0.2) is 0 Å². The quantitative estimate of drug-likeness (QED) is 0.871. The van der Waals surface area contributed by atoms with E-state index in [4.69, 9.17) is 17.3 Å². The van der Waals surface area contributed by atoms with Crippen molar-refractivity contribution in [2.45, 2.75) is 32.2 Å². The normalized spacial score (nSPS) is 14.1. The van der Waals surface area contributed by atoms with E-state index in [1.807, 2.05) is 31.2 Å². The summed E-state index contributed by atoms with van der Waals surface area (Å²) in [4.78, 5) is 0. The van der Waals surface area contributed by atoms with E-state index in [9.17, 15) is 0 Å². The maximum atomic E-state index is 6.49. The Morgan fingerprint density at radius 1 is 1.05 bits per heavy atom. The summed E-state index contributed by atoms with van der Waals surface area (Å²) in [5.41, 5.74) is 9.47. The van der Waals surface area contributed by atoms with E-state index in [0.717, 1.165) is 29.0 Å². The van der Waals surface area contributed by atoms with E-state index in [1.165, 1.54) is 5.56 Å². The maximum absolute atomic E-state index is 6.49. The zero-order valence-electron chi connectivity index (χ0n) is 11.5. The van der Waals surface area contributed by atoms with Crippen molar-refractivity contribution in [3.63, 3.8) is 0 Å². The van der Waals surface area contributed by atoms with E-state index in [0.29, 0.717) is 0 Å². The Bertz CT molecular complexity index is 543. The summed E-state index contributed by atoms with van der Waals surface area (Å²) >= 11 is 6.05. The first-order chi connectivity index (χ1) is 9.04. The third-order valence-corrected chi connectivity index (χ3v) is 3.75. The van der Waals surface area contributed by atoms with Crippen molar-refractivity contribution in [3.8, 4) is 0 Å². The predicted molar refractivity (Wildman–Crippen MR) is 82.5 cm³/mol. The molecule has 19 heavy (non-hydrogen) atoms. The number of aryl methyl sites for hydroxylation is 1. The van der Waals surface area contributed by atoms with Gasteiger partial charge in [-0.1, -0.05) is 61.3 Å². The minimum absolute atomic E-state index is 0.518. The number of hydrogen-bond donors (Lipinski definition) is 1. The zero-order chi connectivity index (χ0) is 13.9. The SMILES string of the molecule is CCCc1ccc(C(C)(N)c2cccc(Cl)c2)cc1. The second-order valence-electron chi connectivity index (χ2n) is 5.16. The van der Waals surface area contributed by atoms with Crippen LogP contribution in [0.4, 0.5) is 0 Å². The Hall–Kier alpha value is -1.31. The summed E-state index contributed by atoms with van der Waals surface area (Å²) in [5.74, 6) is 0. The van der Waals surface area contributed by atoms with Gasteiger partial charge in [-0.05, 0) is 42.2 Å². The highest BCUT2D eigenvalue weighted by molar-refractivity contribution is 6.30. The summed E-state index contributed by atoms with van der Waals surface area (Å²) in [6.07, 6.45) is 2.27. The molecule has 0 amide bonds. The van der Waals surface area contributed by atoms with Crippen molar-refractivity contribution in [1.82, 2.24) is 0 Å². The number of nitrogens with two attached hydrogens (primary N) is 1. The number of benzene rings is 2. The largest absolute Gasteiger partial charge is 0.318 e. The van der Waals surface area contributed by atoms with Gasteiger partial charge >= 0.3 is 0 Å². The van der Waals surface area contributed by atoms with E-state index in [-0.39, 0.29) is 0 Å². The van der Waals surface area contributed by atoms with Crippen molar-refractivity contribution < 1.29 is 0 Å². The molecular weight excluding hydrogens is 254 g/mol. The molecule has 0 bridgehead atoms. The summed E-state index contributed by atoms with van der Waals surface area (Å²) in [5, 5.41) is 0.719. The summed E-state index contributed by atoms with van der Waals surface area (Å²) in [6, 6.07) is 16.3. The van der Waals surface area contributed by atoms with Crippen molar-refractivity contribution in [1.29, 1.82) is 0 Å². The molecular formula is C17H20ClN. The number of rotatable bonds is 4. The van der Waals surface area contributed by atoms with Crippen LogP contribution in [0.25, 0.3) is 0 Å². The van der Waals surface area contributed by atoms with Gasteiger partial charge in [0.05, 0.1) is 5.54 Å². The molecule has 1 unspecified atom stereocenters. The molecule has 0 radical (unpaired) electrons. The van der Waals surface area contributed by atoms with E-state index >= 15 is 0 Å². The van der Waals surface area contributed by atoms with Gasteiger partial charge in [-0.3, -0.25) is 0 Å². The highest BCUT2D eigenvalue weighted by Crippen LogP contribution is 2.28. The summed E-state index contributed by atoms with van der Waals surface area (Å²) in [7, 11) is 0. The van der Waals surface area contributed by atoms with Crippen LogP contribution in [0.1, 0.15) is 37.0 Å². The van der Waals surface area contributed by atoms with Crippen LogP contribution in [0.5, 0.6) is 0 Å². The maximum Gasteiger partial charge on any atom is 0.0637 e. The van der Waals surface area contributed by atoms with Crippen LogP contribution in [0.2, 0.25) is 5.02 Å². The zero-order valence-corrected chi connectivity index (χ0v) is 12.2. The third kappa shape index (κ3) is 3.17. The molecule has 100 valence electrons. The van der Waals surface area contributed by atoms with Gasteiger partial charge in [0, 0.05) is 5.02 Å². The lowest BCUT2D eigenvalue weighted by Gasteiger charge is -2.26. The van der Waals surface area contributed by atoms with Gasteiger partial charge in [-0.2, -0.15) is 0 Å². The predicted octanol–water partition coefficient (Wildman–Crippen LogP) is 4.51. The van der Waals surface area contributed by atoms with Gasteiger partial charge < -0.3 is 5.73 Å². The molecule has 2 aromatic carbocycles. The molecule has 2 aromatic rings. The van der Waals surface area contributed by atoms with Gasteiger partial charge in [-0.15, -0.1) is 0 Å². The molecule has 0 aliphatic heterocycles. The number of hydrogen-bond acceptors (Lipinski definition) is 1. The molecule has 0 saturated heterocycles. The van der Waals surface area contributed by atoms with Gasteiger partial charge in [0.2, 0.25) is 0 Å². The lowest BCUT2D eigenvalue weighted by atomic mass is 9.85. The van der Waals surface area contributed by atoms with Gasteiger partial charge in [0.1, 0.15) is 0 Å². The number of halogens is 1. The Morgan fingerprint density at radius 3 is 2.32 bits per heavy atom. The van der Waals surface area contributed by atoms with E-state index < -0.39 is 5.54 Å². The van der Waals surface area contributed by atoms with Crippen LogP contribution in [0, 0.1) is 0 Å². The van der Waals surface area contributed by atoms with Gasteiger partial charge in [0.25, 0.3) is 0 Å². The molecule has 0 fully saturated rings. The Kier molecular flexibility index (Phi) is 4.28. The van der Waals surface area contributed by atoms with Crippen LogP contribution in [-0.2, 0) is 12.0 Å². The second kappa shape index (κ2) is 5.77. The third-order valence-electron chi connectivity index (χ3n) is 3.52. The standard InChI is InChI=1S/C17H20ClN/c1-3-5-13-8-10-14(11-9-13)17(2,19)15-6-4-7-16(18)12-15/h4,6-12H,3,5,19H2,1-2H3. The molecule has 0 spiro atoms. The summed E-state index contributed by atoms with van der Waals surface area (Å²) in [6.45, 7) is 4.21. The molecule has 1 nitrogen and oxygen atoms in total. The topological polar surface area (TPSA) is 26.0 Å². The molecule has 0 heterocycles. The molecule has 1 atom stereocenters. The van der Waals surface area contributed by atoms with Crippen LogP contribution in [0.15, 0.2) is 48.5 Å². The fraction of sp³-hybridized carbons (Fsp3) is 0.294. The first kappa shape index (κ1) is 14.1. The first-order valence-electron chi connectivity index (χ1n) is 6.68. The fourth-order valence-corrected chi connectivity index (χ4v) is 2.47. The lowest BCUT2D eigenvalue weighted by Crippen LogP contribution is -2.34. The van der Waals surface area contributed by atoms with Gasteiger partial charge in [0.15, 0.2) is 0 Å². The lowest BCUT2D eigenvalue weighted by molar-refractivity contribution is 0.603. The van der Waals surface area contributed by atoms with Crippen LogP contribution >= 0.6 is 11.6 Å². The second-order valence-corrected chi connectivity index (χ2v) is 5.60. The van der Waals surface area contributed by atoms with Crippen molar-refractivity contribution >= 4 is 11.6 Å². The summed E-state index contributed by atoms with van der Waals surface area (Å²) < 4.78 is 0. The molecule has 2 heteroatoms. The average Bonchev–Trinajstić information content (AvgIpc) is 2.40. The van der Waals surface area contributed by atoms with E-state index in [2.05, 4.69) is 31.2 Å². The van der Waals surface area contributed by atoms with Crippen molar-refractivity contribution in [2.75, 3.05) is 0 Å². The highest BCUT2D eigenvalue weighted by atomic mass is 35.5. The molecule has 2 N–H and O–H groups in total. The van der Waals surface area contributed by atoms with Crippen molar-refractivity contribution in [3.05, 3.63) is 70.2 Å². The Morgan fingerprint density at radius 2 is 1.74 bits per heavy atom. The minimum atomic E-state index is -0.518. The smallest absolute Gasteiger partial charge is 0.0637 e. The van der Waals surface area contributed by atoms with Gasteiger partial charge in [-0.25, -0.2) is 0 Å². The molecule has 0 aliphatic rings. The minimum Gasteiger partial charge on any atom is -0.318 e. The Balaban J connectivity index is 2.33. The molecule has 2 rings (SSSR count). The fourth-order valence-electron chi connectivity index (χ4n) is 2.28. The molecule has 0 aliphatic carbocycles. The monoisotopic (exact) mass is 273 g/mol. The molecule has 0 saturated carbocycles. The first-order valence-corrected chi connectivity index (χ1v) is 7.06.